The number of morpholine rings is 1. The molecule has 0 aliphatic carbocycles. The van der Waals surface area contributed by atoms with Gasteiger partial charge < -0.3 is 24.8 Å². The first-order chi connectivity index (χ1) is 20.9. The summed E-state index contributed by atoms with van der Waals surface area (Å²) in [5, 5.41) is 12.8. The third kappa shape index (κ3) is 9.40. The minimum absolute atomic E-state index is 0.0397. The molecule has 2 aliphatic heterocycles. The van der Waals surface area contributed by atoms with Gasteiger partial charge in [0, 0.05) is 62.9 Å². The van der Waals surface area contributed by atoms with Gasteiger partial charge in [-0.1, -0.05) is 19.1 Å². The molecule has 1 saturated heterocycles. The lowest BCUT2D eigenvalue weighted by Gasteiger charge is -2.34. The van der Waals surface area contributed by atoms with Crippen molar-refractivity contribution in [3.05, 3.63) is 59.2 Å². The summed E-state index contributed by atoms with van der Waals surface area (Å²) in [6.45, 7) is 8.35. The van der Waals surface area contributed by atoms with Crippen molar-refractivity contribution in [1.82, 2.24) is 14.7 Å². The molecule has 2 aromatic rings. The Bertz CT molecular complexity index is 1250. The van der Waals surface area contributed by atoms with E-state index in [2.05, 4.69) is 10.2 Å². The van der Waals surface area contributed by atoms with E-state index < -0.39 is 17.8 Å². The van der Waals surface area contributed by atoms with Gasteiger partial charge in [-0.25, -0.2) is 0 Å². The molecule has 9 nitrogen and oxygen atoms in total. The van der Waals surface area contributed by atoms with Crippen molar-refractivity contribution in [1.29, 1.82) is 0 Å². The Kier molecular flexibility index (Phi) is 11.6. The number of halogens is 3. The molecule has 2 heterocycles. The molecular weight excluding hydrogens is 577 g/mol. The molecule has 0 spiro atoms. The highest BCUT2D eigenvalue weighted by Crippen LogP contribution is 2.31. The van der Waals surface area contributed by atoms with E-state index in [4.69, 9.17) is 9.47 Å². The van der Waals surface area contributed by atoms with Crippen LogP contribution in [0, 0.1) is 5.92 Å². The lowest BCUT2D eigenvalue weighted by atomic mass is 10.0. The van der Waals surface area contributed by atoms with Gasteiger partial charge in [0.15, 0.2) is 0 Å². The second-order valence-corrected chi connectivity index (χ2v) is 11.9. The molecule has 0 aromatic heterocycles. The quantitative estimate of drug-likeness (QED) is 0.419. The number of hydrogen-bond donors (Lipinski definition) is 2. The summed E-state index contributed by atoms with van der Waals surface area (Å²) < 4.78 is 50.9. The second-order valence-electron chi connectivity index (χ2n) is 11.9. The summed E-state index contributed by atoms with van der Waals surface area (Å²) in [5.74, 6) is 0.118. The minimum Gasteiger partial charge on any atom is -0.488 e. The Morgan fingerprint density at radius 3 is 2.52 bits per heavy atom. The van der Waals surface area contributed by atoms with Crippen LogP contribution in [0.5, 0.6) is 5.75 Å². The van der Waals surface area contributed by atoms with Crippen LogP contribution in [0.1, 0.15) is 37.0 Å². The van der Waals surface area contributed by atoms with E-state index in [-0.39, 0.29) is 36.9 Å². The van der Waals surface area contributed by atoms with Crippen molar-refractivity contribution >= 4 is 17.5 Å². The fraction of sp³-hybridized carbons (Fsp3) is 0.562. The van der Waals surface area contributed by atoms with Crippen molar-refractivity contribution in [2.75, 3.05) is 64.9 Å². The van der Waals surface area contributed by atoms with Crippen molar-refractivity contribution in [2.45, 2.75) is 51.6 Å². The molecule has 0 unspecified atom stereocenters. The average molecular weight is 621 g/mol. The Hall–Kier alpha value is -3.19. The minimum atomic E-state index is -4.39. The number of carbonyl (C=O) groups is 2. The van der Waals surface area contributed by atoms with Crippen LogP contribution in [0.15, 0.2) is 42.5 Å². The third-order valence-electron chi connectivity index (χ3n) is 8.18. The largest absolute Gasteiger partial charge is 0.488 e. The third-order valence-corrected chi connectivity index (χ3v) is 8.18. The highest BCUT2D eigenvalue weighted by molar-refractivity contribution is 5.91. The van der Waals surface area contributed by atoms with Crippen LogP contribution in [0.2, 0.25) is 0 Å². The molecule has 2 N–H and O–H groups in total. The van der Waals surface area contributed by atoms with Crippen LogP contribution in [0.4, 0.5) is 18.9 Å². The van der Waals surface area contributed by atoms with Gasteiger partial charge in [-0.05, 0) is 49.9 Å². The number of amides is 2. The summed E-state index contributed by atoms with van der Waals surface area (Å²) >= 11 is 0. The SMILES string of the molecule is C[C@H](CO)N1C[C@H](C)[C@@H](CN(C)Cc2ccc(C(F)(F)F)cc2)Oc2ccc(NC(=O)CCN3CCOCC3)cc2CC1=O. The predicted octanol–water partition coefficient (Wildman–Crippen LogP) is 3.65. The fourth-order valence-corrected chi connectivity index (χ4v) is 5.52. The standard InChI is InChI=1S/C32H43F3N4O5/c1-22-18-39(23(2)21-40)31(42)17-25-16-27(36-30(41)10-11-38-12-14-43-15-13-38)8-9-28(25)44-29(22)20-37(3)19-24-4-6-26(7-5-24)32(33,34)35/h4-9,16,22-23,29,40H,10-15,17-21H2,1-3H3,(H,36,41)/t22-,23+,29+/m0/s1. The molecule has 4 rings (SSSR count). The van der Waals surface area contributed by atoms with Crippen LogP contribution < -0.4 is 10.1 Å². The lowest BCUT2D eigenvalue weighted by Crippen LogP contribution is -2.47. The molecule has 0 bridgehead atoms. The van der Waals surface area contributed by atoms with Crippen molar-refractivity contribution in [2.24, 2.45) is 5.92 Å². The van der Waals surface area contributed by atoms with Gasteiger partial charge in [-0.15, -0.1) is 0 Å². The zero-order chi connectivity index (χ0) is 31.9. The highest BCUT2D eigenvalue weighted by atomic mass is 19.4. The maximum Gasteiger partial charge on any atom is 0.416 e. The van der Waals surface area contributed by atoms with Gasteiger partial charge in [0.05, 0.1) is 37.8 Å². The molecule has 2 aliphatic rings. The van der Waals surface area contributed by atoms with Crippen LogP contribution in [0.3, 0.4) is 0 Å². The highest BCUT2D eigenvalue weighted by Gasteiger charge is 2.32. The number of hydrogen-bond acceptors (Lipinski definition) is 7. The topological polar surface area (TPSA) is 94.6 Å². The van der Waals surface area contributed by atoms with Crippen molar-refractivity contribution < 1.29 is 37.3 Å². The number of alkyl halides is 3. The molecule has 3 atom stereocenters. The summed E-state index contributed by atoms with van der Waals surface area (Å²) in [6.07, 6.45) is -4.39. The number of anilines is 1. The van der Waals surface area contributed by atoms with Crippen molar-refractivity contribution in [3.63, 3.8) is 0 Å². The Morgan fingerprint density at radius 2 is 1.86 bits per heavy atom. The summed E-state index contributed by atoms with van der Waals surface area (Å²) in [7, 11) is 1.87. The molecule has 0 radical (unpaired) electrons. The van der Waals surface area contributed by atoms with E-state index in [0.29, 0.717) is 62.8 Å². The number of fused-ring (bicyclic) bond motifs is 1. The maximum absolute atomic E-state index is 13.5. The number of likely N-dealkylation sites (N-methyl/N-ethyl adjacent to an activating group) is 1. The molecule has 12 heteroatoms. The molecular formula is C32H43F3N4O5. The Morgan fingerprint density at radius 1 is 1.16 bits per heavy atom. The average Bonchev–Trinajstić information content (AvgIpc) is 3.03. The number of benzene rings is 2. The van der Waals surface area contributed by atoms with E-state index in [9.17, 15) is 27.9 Å². The fourth-order valence-electron chi connectivity index (χ4n) is 5.52. The molecule has 44 heavy (non-hydrogen) atoms. The van der Waals surface area contributed by atoms with Crippen LogP contribution in [-0.2, 0) is 33.5 Å². The van der Waals surface area contributed by atoms with Gasteiger partial charge in [0.1, 0.15) is 11.9 Å². The number of aliphatic hydroxyl groups excluding tert-OH is 1. The normalized spacial score (nSPS) is 20.7. The zero-order valence-corrected chi connectivity index (χ0v) is 25.6. The Balaban J connectivity index is 1.49. The maximum atomic E-state index is 13.5. The molecule has 242 valence electrons. The van der Waals surface area contributed by atoms with Crippen molar-refractivity contribution in [3.8, 4) is 5.75 Å². The molecule has 1 fully saturated rings. The summed E-state index contributed by atoms with van der Waals surface area (Å²) in [6, 6.07) is 10.00. The number of carbonyl (C=O) groups excluding carboxylic acids is 2. The lowest BCUT2D eigenvalue weighted by molar-refractivity contribution is -0.137. The molecule has 2 aromatic carbocycles. The van der Waals surface area contributed by atoms with E-state index in [1.54, 1.807) is 30.0 Å². The van der Waals surface area contributed by atoms with Gasteiger partial charge in [-0.2, -0.15) is 13.2 Å². The monoisotopic (exact) mass is 620 g/mol. The summed E-state index contributed by atoms with van der Waals surface area (Å²) in [5.41, 5.74) is 1.23. The van der Waals surface area contributed by atoms with Gasteiger partial charge in [0.25, 0.3) is 0 Å². The van der Waals surface area contributed by atoms with Gasteiger partial charge in [0.2, 0.25) is 11.8 Å². The number of nitrogens with zero attached hydrogens (tertiary/aromatic N) is 3. The van der Waals surface area contributed by atoms with E-state index >= 15 is 0 Å². The smallest absolute Gasteiger partial charge is 0.416 e. The molecule has 2 amide bonds. The second kappa shape index (κ2) is 15.2. The van der Waals surface area contributed by atoms with E-state index in [1.807, 2.05) is 18.9 Å². The Labute approximate surface area is 256 Å². The first-order valence-corrected chi connectivity index (χ1v) is 15.1. The first-order valence-electron chi connectivity index (χ1n) is 15.1. The number of aliphatic hydroxyl groups is 1. The van der Waals surface area contributed by atoms with E-state index in [0.717, 1.165) is 30.8 Å². The van der Waals surface area contributed by atoms with Crippen LogP contribution >= 0.6 is 0 Å². The number of ether oxygens (including phenoxy) is 2. The number of nitrogens with one attached hydrogen (secondary N) is 1. The van der Waals surface area contributed by atoms with Gasteiger partial charge >= 0.3 is 6.18 Å². The summed E-state index contributed by atoms with van der Waals surface area (Å²) in [4.78, 5) is 32.0. The van der Waals surface area contributed by atoms with Gasteiger partial charge in [-0.3, -0.25) is 19.4 Å². The zero-order valence-electron chi connectivity index (χ0n) is 25.6. The van der Waals surface area contributed by atoms with Crippen LogP contribution in [-0.4, -0.2) is 103 Å². The first kappa shape index (κ1) is 33.7. The molecule has 0 saturated carbocycles. The van der Waals surface area contributed by atoms with Crippen LogP contribution in [0.25, 0.3) is 0 Å². The van der Waals surface area contributed by atoms with E-state index in [1.165, 1.54) is 12.1 Å². The number of rotatable bonds is 10. The predicted molar refractivity (Wildman–Crippen MR) is 160 cm³/mol.